The topological polar surface area (TPSA) is 64.6 Å². The summed E-state index contributed by atoms with van der Waals surface area (Å²) in [6.07, 6.45) is -0.992. The van der Waals surface area contributed by atoms with Gasteiger partial charge in [-0.05, 0) is 32.9 Å². The Morgan fingerprint density at radius 2 is 2.00 bits per heavy atom. The van der Waals surface area contributed by atoms with Gasteiger partial charge in [-0.2, -0.15) is 0 Å². The first-order chi connectivity index (χ1) is 9.21. The van der Waals surface area contributed by atoms with E-state index < -0.39 is 17.6 Å². The second-order valence-corrected chi connectivity index (χ2v) is 5.45. The minimum absolute atomic E-state index is 0.102. The number of alkyl halides is 1. The van der Waals surface area contributed by atoms with Crippen LogP contribution >= 0.6 is 15.9 Å². The van der Waals surface area contributed by atoms with E-state index in [2.05, 4.69) is 21.2 Å². The quantitative estimate of drug-likeness (QED) is 0.516. The molecule has 0 aliphatic heterocycles. The maximum absolute atomic E-state index is 13.7. The van der Waals surface area contributed by atoms with E-state index in [1.807, 2.05) is 0 Å². The van der Waals surface area contributed by atoms with Crippen molar-refractivity contribution in [3.63, 3.8) is 0 Å². The Morgan fingerprint density at radius 3 is 2.50 bits per heavy atom. The molecular weight excluding hydrogens is 333 g/mol. The van der Waals surface area contributed by atoms with Gasteiger partial charge in [-0.1, -0.05) is 15.9 Å². The Morgan fingerprint density at radius 1 is 1.35 bits per heavy atom. The van der Waals surface area contributed by atoms with Gasteiger partial charge >= 0.3 is 6.16 Å². The molecule has 1 aromatic carbocycles. The minimum atomic E-state index is -0.992. The zero-order valence-corrected chi connectivity index (χ0v) is 12.9. The summed E-state index contributed by atoms with van der Waals surface area (Å²) in [5, 5.41) is 2.56. The Labute approximate surface area is 124 Å². The van der Waals surface area contributed by atoms with E-state index >= 15 is 0 Å². The number of nitrogens with one attached hydrogen (secondary N) is 1. The lowest BCUT2D eigenvalue weighted by molar-refractivity contribution is -0.113. The van der Waals surface area contributed by atoms with Gasteiger partial charge in [0.2, 0.25) is 5.91 Å². The predicted molar refractivity (Wildman–Crippen MR) is 75.7 cm³/mol. The van der Waals surface area contributed by atoms with Crippen LogP contribution in [0.1, 0.15) is 20.8 Å². The number of halogens is 2. The van der Waals surface area contributed by atoms with E-state index in [1.54, 1.807) is 20.8 Å². The second kappa shape index (κ2) is 6.69. The van der Waals surface area contributed by atoms with Crippen LogP contribution in [0.15, 0.2) is 18.2 Å². The maximum Gasteiger partial charge on any atom is 0.514 e. The van der Waals surface area contributed by atoms with Crippen molar-refractivity contribution in [1.29, 1.82) is 0 Å². The van der Waals surface area contributed by atoms with E-state index in [0.717, 1.165) is 6.07 Å². The molecule has 5 nitrogen and oxygen atoms in total. The molecule has 1 rings (SSSR count). The number of ether oxygens (including phenoxy) is 2. The lowest BCUT2D eigenvalue weighted by Crippen LogP contribution is -2.26. The molecule has 0 aromatic heterocycles. The van der Waals surface area contributed by atoms with E-state index in [9.17, 15) is 14.0 Å². The first kappa shape index (κ1) is 16.4. The van der Waals surface area contributed by atoms with Gasteiger partial charge in [-0.15, -0.1) is 0 Å². The average Bonchev–Trinajstić information content (AvgIpc) is 2.30. The van der Waals surface area contributed by atoms with Crippen molar-refractivity contribution < 1.29 is 23.5 Å². The van der Waals surface area contributed by atoms with Gasteiger partial charge < -0.3 is 14.8 Å². The van der Waals surface area contributed by atoms with Crippen molar-refractivity contribution in [2.75, 3.05) is 10.6 Å². The lowest BCUT2D eigenvalue weighted by Gasteiger charge is -2.18. The third kappa shape index (κ3) is 5.56. The standard InChI is InChI=1S/C13H15BrFNO4/c1-13(2,3)20-12(18)19-10-5-4-8(6-9(10)15)16-11(17)7-14/h4-6H,7H2,1-3H3,(H,16,17). The highest BCUT2D eigenvalue weighted by atomic mass is 79.9. The maximum atomic E-state index is 13.7. The number of anilines is 1. The predicted octanol–water partition coefficient (Wildman–Crippen LogP) is 3.47. The van der Waals surface area contributed by atoms with Gasteiger partial charge in [-0.3, -0.25) is 4.79 Å². The minimum Gasteiger partial charge on any atom is -0.428 e. The number of rotatable bonds is 3. The molecular formula is C13H15BrFNO4. The Kier molecular flexibility index (Phi) is 5.50. The van der Waals surface area contributed by atoms with Crippen molar-refractivity contribution >= 4 is 33.7 Å². The third-order valence-corrected chi connectivity index (χ3v) is 2.43. The number of carbonyl (C=O) groups excluding carboxylic acids is 2. The normalized spacial score (nSPS) is 10.8. The molecule has 0 spiro atoms. The molecule has 0 aliphatic rings. The average molecular weight is 348 g/mol. The number of hydrogen-bond donors (Lipinski definition) is 1. The molecule has 0 radical (unpaired) electrons. The van der Waals surface area contributed by atoms with Crippen LogP contribution in [0.5, 0.6) is 5.75 Å². The molecule has 1 N–H and O–H groups in total. The van der Waals surface area contributed by atoms with Gasteiger partial charge in [0.25, 0.3) is 0 Å². The Hall–Kier alpha value is -1.63. The van der Waals surface area contributed by atoms with Gasteiger partial charge in [-0.25, -0.2) is 9.18 Å². The Bertz CT molecular complexity index is 514. The summed E-state index contributed by atoms with van der Waals surface area (Å²) in [4.78, 5) is 22.5. The van der Waals surface area contributed by atoms with Crippen molar-refractivity contribution in [3.05, 3.63) is 24.0 Å². The fraction of sp³-hybridized carbons (Fsp3) is 0.385. The molecule has 0 fully saturated rings. The van der Waals surface area contributed by atoms with E-state index in [-0.39, 0.29) is 22.7 Å². The van der Waals surface area contributed by atoms with Crippen molar-refractivity contribution in [2.45, 2.75) is 26.4 Å². The highest BCUT2D eigenvalue weighted by Gasteiger charge is 2.19. The summed E-state index contributed by atoms with van der Waals surface area (Å²) in [7, 11) is 0. The van der Waals surface area contributed by atoms with E-state index in [1.165, 1.54) is 12.1 Å². The Balaban J connectivity index is 2.73. The first-order valence-electron chi connectivity index (χ1n) is 5.77. The molecule has 0 aliphatic carbocycles. The molecule has 20 heavy (non-hydrogen) atoms. The molecule has 110 valence electrons. The molecule has 0 saturated heterocycles. The summed E-state index contributed by atoms with van der Waals surface area (Å²) in [5.74, 6) is -1.36. The zero-order valence-electron chi connectivity index (χ0n) is 11.3. The van der Waals surface area contributed by atoms with Gasteiger partial charge in [0.1, 0.15) is 5.60 Å². The molecule has 0 saturated carbocycles. The van der Waals surface area contributed by atoms with Crippen molar-refractivity contribution in [3.8, 4) is 5.75 Å². The van der Waals surface area contributed by atoms with Crippen LogP contribution in [-0.4, -0.2) is 23.0 Å². The third-order valence-electron chi connectivity index (χ3n) is 1.92. The first-order valence-corrected chi connectivity index (χ1v) is 6.89. The molecule has 1 aromatic rings. The van der Waals surface area contributed by atoms with Crippen LogP contribution in [0.4, 0.5) is 14.9 Å². The van der Waals surface area contributed by atoms with Crippen molar-refractivity contribution in [2.24, 2.45) is 0 Å². The monoisotopic (exact) mass is 347 g/mol. The number of amides is 1. The van der Waals surface area contributed by atoms with Crippen LogP contribution in [0.2, 0.25) is 0 Å². The van der Waals surface area contributed by atoms with Crippen LogP contribution in [0.25, 0.3) is 0 Å². The fourth-order valence-electron chi connectivity index (χ4n) is 1.22. The molecule has 0 heterocycles. The van der Waals surface area contributed by atoms with E-state index in [4.69, 9.17) is 9.47 Å². The molecule has 0 bridgehead atoms. The summed E-state index contributed by atoms with van der Waals surface area (Å²) >= 11 is 2.97. The highest BCUT2D eigenvalue weighted by molar-refractivity contribution is 9.09. The van der Waals surface area contributed by atoms with Crippen LogP contribution in [-0.2, 0) is 9.53 Å². The molecule has 1 amide bonds. The SMILES string of the molecule is CC(C)(C)OC(=O)Oc1ccc(NC(=O)CBr)cc1F. The number of hydrogen-bond acceptors (Lipinski definition) is 4. The molecule has 0 unspecified atom stereocenters. The van der Waals surface area contributed by atoms with Crippen LogP contribution in [0, 0.1) is 5.82 Å². The number of benzene rings is 1. The second-order valence-electron chi connectivity index (χ2n) is 4.89. The fourth-order valence-corrected chi connectivity index (χ4v) is 1.36. The molecule has 7 heteroatoms. The highest BCUT2D eigenvalue weighted by Crippen LogP contribution is 2.22. The largest absolute Gasteiger partial charge is 0.514 e. The van der Waals surface area contributed by atoms with Crippen LogP contribution in [0.3, 0.4) is 0 Å². The zero-order chi connectivity index (χ0) is 15.3. The van der Waals surface area contributed by atoms with Gasteiger partial charge in [0.05, 0.1) is 5.33 Å². The van der Waals surface area contributed by atoms with Gasteiger partial charge in [0, 0.05) is 11.8 Å². The van der Waals surface area contributed by atoms with Crippen LogP contribution < -0.4 is 10.1 Å². The molecule has 0 atom stereocenters. The summed E-state index contributed by atoms with van der Waals surface area (Å²) < 4.78 is 23.4. The summed E-state index contributed by atoms with van der Waals surface area (Å²) in [6, 6.07) is 3.71. The number of carbonyl (C=O) groups is 2. The summed E-state index contributed by atoms with van der Waals surface area (Å²) in [5.41, 5.74) is -0.458. The summed E-state index contributed by atoms with van der Waals surface area (Å²) in [6.45, 7) is 5.01. The lowest BCUT2D eigenvalue weighted by atomic mass is 10.2. The van der Waals surface area contributed by atoms with Gasteiger partial charge in [0.15, 0.2) is 11.6 Å². The van der Waals surface area contributed by atoms with E-state index in [0.29, 0.717) is 0 Å². The smallest absolute Gasteiger partial charge is 0.428 e. The van der Waals surface area contributed by atoms with Crippen molar-refractivity contribution in [1.82, 2.24) is 0 Å².